The van der Waals surface area contributed by atoms with E-state index in [1.165, 1.54) is 12.1 Å². The Morgan fingerprint density at radius 3 is 2.95 bits per heavy atom. The average molecular weight is 310 g/mol. The summed E-state index contributed by atoms with van der Waals surface area (Å²) in [6.45, 7) is -1.18. The lowest BCUT2D eigenvalue weighted by Crippen LogP contribution is -2.44. The van der Waals surface area contributed by atoms with Crippen molar-refractivity contribution in [2.24, 2.45) is 0 Å². The van der Waals surface area contributed by atoms with Gasteiger partial charge in [-0.2, -0.15) is 8.78 Å². The highest BCUT2D eigenvalue weighted by Crippen LogP contribution is 2.24. The Morgan fingerprint density at radius 1 is 1.36 bits per heavy atom. The Morgan fingerprint density at radius 2 is 2.18 bits per heavy atom. The molecular weight excluding hydrogens is 294 g/mol. The molecule has 1 unspecified atom stereocenters. The number of anilines is 1. The average Bonchev–Trinajstić information content (AvgIpc) is 2.53. The standard InChI is InChI=1S/C15H16F2N2O3/c16-15(17)22-11-3-1-10-2-4-14(18-13(10)7-11)19-5-6-21-12(8-19)9-20/h1-4,7,12,15,20H,5-6,8-9H2. The van der Waals surface area contributed by atoms with Crippen LogP contribution in [0.5, 0.6) is 5.75 Å². The lowest BCUT2D eigenvalue weighted by molar-refractivity contribution is -0.0497. The van der Waals surface area contributed by atoms with Gasteiger partial charge in [-0.1, -0.05) is 0 Å². The number of aliphatic hydroxyl groups excluding tert-OH is 1. The van der Waals surface area contributed by atoms with Crippen LogP contribution in [0.1, 0.15) is 0 Å². The van der Waals surface area contributed by atoms with E-state index in [1.807, 2.05) is 17.0 Å². The summed E-state index contributed by atoms with van der Waals surface area (Å²) in [5, 5.41) is 10.0. The molecule has 5 nitrogen and oxygen atoms in total. The number of fused-ring (bicyclic) bond motifs is 1. The van der Waals surface area contributed by atoms with E-state index in [0.29, 0.717) is 25.2 Å². The third-order valence-corrected chi connectivity index (χ3v) is 3.54. The van der Waals surface area contributed by atoms with Crippen LogP contribution in [0.2, 0.25) is 0 Å². The predicted octanol–water partition coefficient (Wildman–Crippen LogP) is 2.03. The Balaban J connectivity index is 1.87. The first kappa shape index (κ1) is 14.9. The summed E-state index contributed by atoms with van der Waals surface area (Å²) < 4.78 is 34.4. The SMILES string of the molecule is OCC1CN(c2ccc3ccc(OC(F)F)cc3n2)CCO1. The highest BCUT2D eigenvalue weighted by molar-refractivity contribution is 5.81. The summed E-state index contributed by atoms with van der Waals surface area (Å²) in [7, 11) is 0. The molecule has 3 rings (SSSR count). The molecule has 0 radical (unpaired) electrons. The number of halogens is 2. The number of nitrogens with zero attached hydrogens (tertiary/aromatic N) is 2. The third-order valence-electron chi connectivity index (χ3n) is 3.54. The fourth-order valence-electron chi connectivity index (χ4n) is 2.48. The number of benzene rings is 1. The molecule has 118 valence electrons. The minimum Gasteiger partial charge on any atom is -0.435 e. The van der Waals surface area contributed by atoms with Gasteiger partial charge < -0.3 is 19.5 Å². The van der Waals surface area contributed by atoms with Crippen LogP contribution >= 0.6 is 0 Å². The smallest absolute Gasteiger partial charge is 0.387 e. The molecule has 0 amide bonds. The van der Waals surface area contributed by atoms with E-state index in [4.69, 9.17) is 4.74 Å². The summed E-state index contributed by atoms with van der Waals surface area (Å²) in [5.41, 5.74) is 0.586. The maximum absolute atomic E-state index is 12.3. The fraction of sp³-hybridized carbons (Fsp3) is 0.400. The van der Waals surface area contributed by atoms with Crippen molar-refractivity contribution in [1.29, 1.82) is 0 Å². The van der Waals surface area contributed by atoms with Crippen molar-refractivity contribution >= 4 is 16.7 Å². The maximum atomic E-state index is 12.3. The highest BCUT2D eigenvalue weighted by atomic mass is 19.3. The number of morpholine rings is 1. The topological polar surface area (TPSA) is 54.8 Å². The van der Waals surface area contributed by atoms with Gasteiger partial charge in [-0.15, -0.1) is 0 Å². The van der Waals surface area contributed by atoms with Gasteiger partial charge in [0.2, 0.25) is 0 Å². The third kappa shape index (κ3) is 3.26. The molecule has 7 heteroatoms. The molecule has 1 atom stereocenters. The van der Waals surface area contributed by atoms with Crippen LogP contribution in [0, 0.1) is 0 Å². The molecule has 1 aromatic heterocycles. The first-order chi connectivity index (χ1) is 10.7. The Kier molecular flexibility index (Phi) is 4.35. The summed E-state index contributed by atoms with van der Waals surface area (Å²) >= 11 is 0. The number of pyridine rings is 1. The summed E-state index contributed by atoms with van der Waals surface area (Å²) in [5.74, 6) is 0.811. The minimum absolute atomic E-state index is 0.0452. The monoisotopic (exact) mass is 310 g/mol. The first-order valence-electron chi connectivity index (χ1n) is 6.99. The molecule has 1 saturated heterocycles. The van der Waals surface area contributed by atoms with E-state index in [-0.39, 0.29) is 18.5 Å². The van der Waals surface area contributed by atoms with Crippen LogP contribution in [-0.2, 0) is 4.74 Å². The van der Waals surface area contributed by atoms with Gasteiger partial charge in [-0.3, -0.25) is 0 Å². The number of hydrogen-bond acceptors (Lipinski definition) is 5. The normalized spacial score (nSPS) is 18.9. The fourth-order valence-corrected chi connectivity index (χ4v) is 2.48. The van der Waals surface area contributed by atoms with Crippen molar-refractivity contribution in [3.63, 3.8) is 0 Å². The molecule has 1 N–H and O–H groups in total. The van der Waals surface area contributed by atoms with Gasteiger partial charge in [0.25, 0.3) is 0 Å². The van der Waals surface area contributed by atoms with Crippen LogP contribution < -0.4 is 9.64 Å². The molecular formula is C15H16F2N2O3. The number of ether oxygens (including phenoxy) is 2. The zero-order valence-electron chi connectivity index (χ0n) is 11.8. The molecule has 0 spiro atoms. The van der Waals surface area contributed by atoms with Crippen LogP contribution in [0.15, 0.2) is 30.3 Å². The molecule has 0 bridgehead atoms. The second-order valence-electron chi connectivity index (χ2n) is 5.02. The van der Waals surface area contributed by atoms with Crippen LogP contribution in [-0.4, -0.2) is 49.1 Å². The number of alkyl halides is 2. The second-order valence-corrected chi connectivity index (χ2v) is 5.02. The Labute approximate surface area is 126 Å². The largest absolute Gasteiger partial charge is 0.435 e. The number of hydrogen-bond donors (Lipinski definition) is 1. The zero-order valence-corrected chi connectivity index (χ0v) is 11.8. The van der Waals surface area contributed by atoms with Crippen molar-refractivity contribution in [2.75, 3.05) is 31.2 Å². The molecule has 22 heavy (non-hydrogen) atoms. The molecule has 1 aromatic carbocycles. The number of aromatic nitrogens is 1. The minimum atomic E-state index is -2.86. The van der Waals surface area contributed by atoms with E-state index in [1.54, 1.807) is 6.07 Å². The van der Waals surface area contributed by atoms with Crippen molar-refractivity contribution in [1.82, 2.24) is 4.98 Å². The Bertz CT molecular complexity index is 654. The van der Waals surface area contributed by atoms with Gasteiger partial charge in [0.05, 0.1) is 24.8 Å². The van der Waals surface area contributed by atoms with Gasteiger partial charge >= 0.3 is 6.61 Å². The molecule has 2 heterocycles. The van der Waals surface area contributed by atoms with Gasteiger partial charge in [-0.05, 0) is 24.3 Å². The van der Waals surface area contributed by atoms with Gasteiger partial charge in [0, 0.05) is 24.5 Å². The van der Waals surface area contributed by atoms with E-state index in [0.717, 1.165) is 11.2 Å². The van der Waals surface area contributed by atoms with E-state index in [2.05, 4.69) is 9.72 Å². The van der Waals surface area contributed by atoms with Gasteiger partial charge in [0.1, 0.15) is 11.6 Å². The molecule has 1 fully saturated rings. The van der Waals surface area contributed by atoms with Crippen LogP contribution in [0.4, 0.5) is 14.6 Å². The summed E-state index contributed by atoms with van der Waals surface area (Å²) in [4.78, 5) is 6.50. The second kappa shape index (κ2) is 6.41. The van der Waals surface area contributed by atoms with Crippen molar-refractivity contribution in [3.05, 3.63) is 30.3 Å². The lowest BCUT2D eigenvalue weighted by atomic mass is 10.2. The van der Waals surface area contributed by atoms with E-state index >= 15 is 0 Å². The highest BCUT2D eigenvalue weighted by Gasteiger charge is 2.20. The number of rotatable bonds is 4. The molecule has 1 aliphatic heterocycles. The summed E-state index contributed by atoms with van der Waals surface area (Å²) in [6, 6.07) is 8.43. The van der Waals surface area contributed by atoms with E-state index in [9.17, 15) is 13.9 Å². The van der Waals surface area contributed by atoms with E-state index < -0.39 is 6.61 Å². The number of aliphatic hydroxyl groups is 1. The van der Waals surface area contributed by atoms with Crippen LogP contribution in [0.25, 0.3) is 10.9 Å². The molecule has 1 aliphatic rings. The quantitative estimate of drug-likeness (QED) is 0.936. The molecule has 0 saturated carbocycles. The predicted molar refractivity (Wildman–Crippen MR) is 77.4 cm³/mol. The zero-order chi connectivity index (χ0) is 15.5. The van der Waals surface area contributed by atoms with Gasteiger partial charge in [0.15, 0.2) is 0 Å². The van der Waals surface area contributed by atoms with Gasteiger partial charge in [-0.25, -0.2) is 4.98 Å². The van der Waals surface area contributed by atoms with Crippen molar-refractivity contribution in [3.8, 4) is 5.75 Å². The molecule has 2 aromatic rings. The lowest BCUT2D eigenvalue weighted by Gasteiger charge is -2.32. The van der Waals surface area contributed by atoms with Crippen molar-refractivity contribution < 1.29 is 23.4 Å². The summed E-state index contributed by atoms with van der Waals surface area (Å²) in [6.07, 6.45) is -0.236. The Hall–Kier alpha value is -1.99. The maximum Gasteiger partial charge on any atom is 0.387 e. The first-order valence-corrected chi connectivity index (χ1v) is 6.99. The van der Waals surface area contributed by atoms with Crippen LogP contribution in [0.3, 0.4) is 0 Å². The molecule has 0 aliphatic carbocycles. The van der Waals surface area contributed by atoms with Crippen molar-refractivity contribution in [2.45, 2.75) is 12.7 Å².